The van der Waals surface area contributed by atoms with Gasteiger partial charge in [0.15, 0.2) is 11.5 Å². The molecule has 3 aromatic rings. The molecule has 3 aromatic carbocycles. The molecule has 4 heteroatoms. The molecular weight excluding hydrogens is 374 g/mol. The summed E-state index contributed by atoms with van der Waals surface area (Å²) in [6.45, 7) is 2.79. The van der Waals surface area contributed by atoms with Crippen LogP contribution >= 0.6 is 0 Å². The molecule has 0 aliphatic heterocycles. The molecule has 0 radical (unpaired) electrons. The summed E-state index contributed by atoms with van der Waals surface area (Å²) in [7, 11) is 0. The molecule has 0 spiro atoms. The minimum absolute atomic E-state index is 0.187. The van der Waals surface area contributed by atoms with Crippen molar-refractivity contribution < 1.29 is 14.6 Å². The van der Waals surface area contributed by atoms with Crippen LogP contribution in [0, 0.1) is 0 Å². The molecule has 0 unspecified atom stereocenters. The fraction of sp³-hybridized carbons (Fsp3) is 0.308. The van der Waals surface area contributed by atoms with Crippen molar-refractivity contribution in [1.29, 1.82) is 0 Å². The number of unbranched alkanes of at least 4 members (excludes halogenated alkanes) is 1. The third-order valence-electron chi connectivity index (χ3n) is 4.84. The van der Waals surface area contributed by atoms with Gasteiger partial charge in [0, 0.05) is 6.54 Å². The van der Waals surface area contributed by atoms with Crippen molar-refractivity contribution in [3.8, 4) is 11.5 Å². The zero-order chi connectivity index (χ0) is 20.9. The fourth-order valence-electron chi connectivity index (χ4n) is 3.19. The number of ether oxygens (including phenoxy) is 2. The lowest BCUT2D eigenvalue weighted by atomic mass is 10.1. The van der Waals surface area contributed by atoms with E-state index in [1.165, 1.54) is 5.56 Å². The lowest BCUT2D eigenvalue weighted by Gasteiger charge is -2.15. The van der Waals surface area contributed by atoms with Crippen LogP contribution in [0.5, 0.6) is 11.5 Å². The van der Waals surface area contributed by atoms with Gasteiger partial charge in [0.05, 0.1) is 6.61 Å². The molecule has 0 fully saturated rings. The summed E-state index contributed by atoms with van der Waals surface area (Å²) < 4.78 is 12.2. The van der Waals surface area contributed by atoms with Gasteiger partial charge in [-0.2, -0.15) is 0 Å². The summed E-state index contributed by atoms with van der Waals surface area (Å²) in [5, 5.41) is 12.0. The number of benzene rings is 3. The molecule has 158 valence electrons. The fourth-order valence-corrected chi connectivity index (χ4v) is 3.19. The third kappa shape index (κ3) is 7.54. The van der Waals surface area contributed by atoms with E-state index in [-0.39, 0.29) is 6.61 Å². The monoisotopic (exact) mass is 405 g/mol. The average Bonchev–Trinajstić information content (AvgIpc) is 2.80. The first-order valence-corrected chi connectivity index (χ1v) is 10.6. The lowest BCUT2D eigenvalue weighted by molar-refractivity contribution is 0.255. The quantitative estimate of drug-likeness (QED) is 0.403. The number of aryl methyl sites for hydroxylation is 1. The zero-order valence-electron chi connectivity index (χ0n) is 17.4. The van der Waals surface area contributed by atoms with Gasteiger partial charge in [-0.15, -0.1) is 0 Å². The smallest absolute Gasteiger partial charge is 0.161 e. The number of aliphatic hydroxyl groups is 1. The second-order valence-electron chi connectivity index (χ2n) is 7.26. The third-order valence-corrected chi connectivity index (χ3v) is 4.84. The van der Waals surface area contributed by atoms with Gasteiger partial charge >= 0.3 is 0 Å². The highest BCUT2D eigenvalue weighted by Gasteiger charge is 2.08. The Kier molecular flexibility index (Phi) is 9.25. The van der Waals surface area contributed by atoms with Gasteiger partial charge in [0.25, 0.3) is 0 Å². The normalized spacial score (nSPS) is 10.7. The number of aliphatic hydroxyl groups excluding tert-OH is 1. The van der Waals surface area contributed by atoms with E-state index < -0.39 is 0 Å². The van der Waals surface area contributed by atoms with Crippen LogP contribution in [0.3, 0.4) is 0 Å². The first kappa shape index (κ1) is 21.9. The maximum absolute atomic E-state index is 8.82. The Balaban J connectivity index is 1.62. The molecule has 0 saturated carbocycles. The first-order valence-electron chi connectivity index (χ1n) is 10.6. The minimum Gasteiger partial charge on any atom is -0.485 e. The van der Waals surface area contributed by atoms with Crippen LogP contribution in [-0.4, -0.2) is 24.8 Å². The number of hydrogen-bond donors (Lipinski definition) is 2. The Labute approximate surface area is 179 Å². The topological polar surface area (TPSA) is 50.7 Å². The molecule has 4 nitrogen and oxygen atoms in total. The van der Waals surface area contributed by atoms with Crippen molar-refractivity contribution in [2.24, 2.45) is 0 Å². The first-order chi connectivity index (χ1) is 14.8. The molecule has 0 saturated heterocycles. The summed E-state index contributed by atoms with van der Waals surface area (Å²) in [6, 6.07) is 26.6. The summed E-state index contributed by atoms with van der Waals surface area (Å²) in [5.41, 5.74) is 3.50. The Bertz CT molecular complexity index is 853. The van der Waals surface area contributed by atoms with Crippen LogP contribution in [0.15, 0.2) is 78.9 Å². The van der Waals surface area contributed by atoms with E-state index in [0.717, 1.165) is 48.4 Å². The lowest BCUT2D eigenvalue weighted by Crippen LogP contribution is -2.19. The predicted octanol–water partition coefficient (Wildman–Crippen LogP) is 4.75. The summed E-state index contributed by atoms with van der Waals surface area (Å²) in [5.74, 6) is 1.55. The minimum atomic E-state index is 0.187. The van der Waals surface area contributed by atoms with E-state index >= 15 is 0 Å². The van der Waals surface area contributed by atoms with Crippen molar-refractivity contribution in [2.45, 2.75) is 32.5 Å². The van der Waals surface area contributed by atoms with Crippen LogP contribution in [0.1, 0.15) is 29.5 Å². The van der Waals surface area contributed by atoms with Crippen molar-refractivity contribution in [2.75, 3.05) is 19.7 Å². The predicted molar refractivity (Wildman–Crippen MR) is 121 cm³/mol. The largest absolute Gasteiger partial charge is 0.485 e. The van der Waals surface area contributed by atoms with E-state index in [1.807, 2.05) is 42.5 Å². The number of rotatable bonds is 13. The highest BCUT2D eigenvalue weighted by atomic mass is 16.5. The van der Waals surface area contributed by atoms with Gasteiger partial charge in [-0.05, 0) is 54.6 Å². The average molecular weight is 406 g/mol. The van der Waals surface area contributed by atoms with E-state index in [1.54, 1.807) is 0 Å². The zero-order valence-corrected chi connectivity index (χ0v) is 17.4. The summed E-state index contributed by atoms with van der Waals surface area (Å²) in [4.78, 5) is 0. The maximum Gasteiger partial charge on any atom is 0.161 e. The second-order valence-corrected chi connectivity index (χ2v) is 7.26. The molecule has 0 aliphatic rings. The maximum atomic E-state index is 8.82. The summed E-state index contributed by atoms with van der Waals surface area (Å²) in [6.07, 6.45) is 3.15. The Morgan fingerprint density at radius 2 is 1.27 bits per heavy atom. The van der Waals surface area contributed by atoms with Gasteiger partial charge in [0.2, 0.25) is 0 Å². The van der Waals surface area contributed by atoms with Gasteiger partial charge in [-0.25, -0.2) is 0 Å². The SMILES string of the molecule is OCCNCCCCc1ccc(OCc2ccccc2)c(OCc2ccccc2)c1. The van der Waals surface area contributed by atoms with Crippen molar-refractivity contribution in [3.05, 3.63) is 95.6 Å². The van der Waals surface area contributed by atoms with E-state index in [4.69, 9.17) is 14.6 Å². The Hall–Kier alpha value is -2.82. The van der Waals surface area contributed by atoms with Crippen LogP contribution in [0.4, 0.5) is 0 Å². The Morgan fingerprint density at radius 3 is 1.90 bits per heavy atom. The molecule has 0 amide bonds. The van der Waals surface area contributed by atoms with Crippen LogP contribution in [-0.2, 0) is 19.6 Å². The molecule has 2 N–H and O–H groups in total. The molecule has 0 heterocycles. The molecule has 0 aliphatic carbocycles. The van der Waals surface area contributed by atoms with Crippen LogP contribution in [0.2, 0.25) is 0 Å². The Morgan fingerprint density at radius 1 is 0.633 bits per heavy atom. The highest BCUT2D eigenvalue weighted by Crippen LogP contribution is 2.30. The van der Waals surface area contributed by atoms with Crippen molar-refractivity contribution >= 4 is 0 Å². The standard InChI is InChI=1S/C26H31NO3/c28-18-17-27-16-8-7-9-22-14-15-25(29-20-23-10-3-1-4-11-23)26(19-22)30-21-24-12-5-2-6-13-24/h1-6,10-15,19,27-28H,7-9,16-18,20-21H2. The van der Waals surface area contributed by atoms with E-state index in [2.05, 4.69) is 41.7 Å². The van der Waals surface area contributed by atoms with Gasteiger partial charge in [-0.3, -0.25) is 0 Å². The van der Waals surface area contributed by atoms with Crippen molar-refractivity contribution in [3.63, 3.8) is 0 Å². The van der Waals surface area contributed by atoms with E-state index in [0.29, 0.717) is 19.8 Å². The molecule has 3 rings (SSSR count). The van der Waals surface area contributed by atoms with Crippen LogP contribution in [0.25, 0.3) is 0 Å². The molecule has 0 bridgehead atoms. The number of hydrogen-bond acceptors (Lipinski definition) is 4. The van der Waals surface area contributed by atoms with E-state index in [9.17, 15) is 0 Å². The van der Waals surface area contributed by atoms with Crippen molar-refractivity contribution in [1.82, 2.24) is 5.32 Å². The van der Waals surface area contributed by atoms with Crippen LogP contribution < -0.4 is 14.8 Å². The second kappa shape index (κ2) is 12.7. The van der Waals surface area contributed by atoms with Gasteiger partial charge in [-0.1, -0.05) is 66.7 Å². The molecule has 0 aromatic heterocycles. The molecule has 30 heavy (non-hydrogen) atoms. The summed E-state index contributed by atoms with van der Waals surface area (Å²) >= 11 is 0. The van der Waals surface area contributed by atoms with Gasteiger partial charge in [0.1, 0.15) is 13.2 Å². The molecular formula is C26H31NO3. The highest BCUT2D eigenvalue weighted by molar-refractivity contribution is 5.43. The molecule has 0 atom stereocenters. The number of nitrogens with one attached hydrogen (secondary N) is 1. The van der Waals surface area contributed by atoms with Gasteiger partial charge < -0.3 is 19.9 Å².